The van der Waals surface area contributed by atoms with Crippen LogP contribution in [0.3, 0.4) is 0 Å². The van der Waals surface area contributed by atoms with E-state index in [1.54, 1.807) is 18.2 Å². The number of nitrogens with zero attached hydrogens (tertiary/aromatic N) is 5. The lowest BCUT2D eigenvalue weighted by Gasteiger charge is -2.26. The molecular formula is C26H26ClF3N6OS2. The number of likely N-dealkylation sites (N-methyl/N-ethyl adjacent to an activating group) is 1. The number of aromatic nitrogens is 3. The predicted molar refractivity (Wildman–Crippen MR) is 153 cm³/mol. The van der Waals surface area contributed by atoms with Gasteiger partial charge in [0.05, 0.1) is 27.5 Å². The largest absolute Gasteiger partial charge is 0.462 e. The number of likely N-dealkylation sites (tertiary alicyclic amines) is 1. The monoisotopic (exact) mass is 594 g/mol. The van der Waals surface area contributed by atoms with Crippen molar-refractivity contribution >= 4 is 66.8 Å². The van der Waals surface area contributed by atoms with E-state index in [1.165, 1.54) is 28.0 Å². The van der Waals surface area contributed by atoms with E-state index in [1.807, 2.05) is 13.1 Å². The molecule has 0 spiro atoms. The maximum atomic E-state index is 16.4. The lowest BCUT2D eigenvalue weighted by molar-refractivity contribution is 0.0366. The molecule has 2 fully saturated rings. The van der Waals surface area contributed by atoms with Crippen molar-refractivity contribution < 1.29 is 17.9 Å². The van der Waals surface area contributed by atoms with Gasteiger partial charge in [-0.05, 0) is 38.6 Å². The van der Waals surface area contributed by atoms with E-state index in [-0.39, 0.29) is 45.1 Å². The highest BCUT2D eigenvalue weighted by Crippen LogP contribution is 2.42. The number of ether oxygens (including phenoxy) is 1. The van der Waals surface area contributed by atoms with E-state index in [0.29, 0.717) is 35.1 Å². The highest BCUT2D eigenvalue weighted by atomic mass is 35.5. The number of rotatable bonds is 5. The summed E-state index contributed by atoms with van der Waals surface area (Å²) in [6.45, 7) is 1.04. The Bertz CT molecular complexity index is 1550. The number of nitrogens with two attached hydrogens (primary N) is 1. The van der Waals surface area contributed by atoms with Crippen LogP contribution in [0.2, 0.25) is 5.02 Å². The SMILES string of the molecule is CN1CCC[C@H]1COc1nc(N2CCSCC(F)(F)C2)c2cc(Cl)c(-c3cccc4sc(N)nc34)c(F)c2n1. The molecule has 2 aromatic heterocycles. The van der Waals surface area contributed by atoms with Gasteiger partial charge >= 0.3 is 6.01 Å². The van der Waals surface area contributed by atoms with Gasteiger partial charge in [-0.25, -0.2) is 18.2 Å². The second kappa shape index (κ2) is 10.5. The summed E-state index contributed by atoms with van der Waals surface area (Å²) in [6.07, 6.45) is 2.01. The number of hydrogen-bond donors (Lipinski definition) is 1. The second-order valence-electron chi connectivity index (χ2n) is 9.90. The third-order valence-corrected chi connectivity index (χ3v) is 9.41. The van der Waals surface area contributed by atoms with Crippen LogP contribution in [-0.4, -0.2) is 76.6 Å². The Hall–Kier alpha value is -2.54. The maximum Gasteiger partial charge on any atom is 0.319 e. The van der Waals surface area contributed by atoms with Gasteiger partial charge < -0.3 is 20.3 Å². The highest BCUT2D eigenvalue weighted by Gasteiger charge is 2.36. The van der Waals surface area contributed by atoms with Gasteiger partial charge in [0.15, 0.2) is 10.9 Å². The number of thiazole rings is 1. The number of halogens is 4. The van der Waals surface area contributed by atoms with Crippen LogP contribution in [-0.2, 0) is 0 Å². The van der Waals surface area contributed by atoms with Crippen LogP contribution in [0.1, 0.15) is 12.8 Å². The standard InChI is InChI=1S/C26H26ClF3N6OS2/c1-35-7-3-4-14(35)11-37-25-33-22-16(23(34-25)36-8-9-38-13-26(29,30)12-36)10-17(27)19(20(22)28)15-5-2-6-18-21(15)32-24(31)39-18/h2,5-6,10,14H,3-4,7-9,11-13H2,1H3,(H2,31,32)/t14-/m0/s1. The normalized spacial score (nSPS) is 20.1. The molecule has 7 nitrogen and oxygen atoms in total. The van der Waals surface area contributed by atoms with E-state index >= 15 is 4.39 Å². The van der Waals surface area contributed by atoms with Crippen molar-refractivity contribution in [1.29, 1.82) is 0 Å². The van der Waals surface area contributed by atoms with Gasteiger partial charge in [0.25, 0.3) is 5.92 Å². The molecule has 2 aliphatic rings. The van der Waals surface area contributed by atoms with Gasteiger partial charge in [-0.2, -0.15) is 21.7 Å². The average Bonchev–Trinajstić information content (AvgIpc) is 3.43. The zero-order chi connectivity index (χ0) is 27.3. The average molecular weight is 595 g/mol. The van der Waals surface area contributed by atoms with Gasteiger partial charge in [0.2, 0.25) is 0 Å². The fraction of sp³-hybridized carbons (Fsp3) is 0.423. The molecule has 4 aromatic rings. The first-order valence-corrected chi connectivity index (χ1v) is 14.9. The number of anilines is 2. The van der Waals surface area contributed by atoms with Crippen LogP contribution in [0.5, 0.6) is 6.01 Å². The molecule has 6 rings (SSSR count). The lowest BCUT2D eigenvalue weighted by atomic mass is 10.0. The van der Waals surface area contributed by atoms with E-state index in [0.717, 1.165) is 24.1 Å². The zero-order valence-electron chi connectivity index (χ0n) is 21.1. The number of fused-ring (bicyclic) bond motifs is 2. The van der Waals surface area contributed by atoms with Gasteiger partial charge in [0, 0.05) is 34.9 Å². The molecule has 1 atom stereocenters. The Morgan fingerprint density at radius 1 is 1.21 bits per heavy atom. The topological polar surface area (TPSA) is 80.4 Å². The summed E-state index contributed by atoms with van der Waals surface area (Å²) in [5.41, 5.74) is 6.99. The third-order valence-electron chi connectivity index (χ3n) is 7.16. The molecule has 0 aliphatic carbocycles. The van der Waals surface area contributed by atoms with Crippen LogP contribution in [0.15, 0.2) is 24.3 Å². The van der Waals surface area contributed by atoms with Crippen molar-refractivity contribution in [2.45, 2.75) is 24.8 Å². The number of thioether (sulfide) groups is 1. The molecule has 206 valence electrons. The Kier molecular flexibility index (Phi) is 7.15. The molecule has 4 heterocycles. The Labute approximate surface area is 236 Å². The molecule has 0 bridgehead atoms. The number of benzene rings is 2. The molecule has 2 N–H and O–H groups in total. The molecule has 0 radical (unpaired) electrons. The molecular weight excluding hydrogens is 569 g/mol. The summed E-state index contributed by atoms with van der Waals surface area (Å²) in [5, 5.41) is 0.701. The summed E-state index contributed by atoms with van der Waals surface area (Å²) >= 11 is 9.17. The summed E-state index contributed by atoms with van der Waals surface area (Å²) in [5.74, 6) is -3.26. The number of para-hydroxylation sites is 1. The maximum absolute atomic E-state index is 16.4. The molecule has 0 amide bonds. The summed E-state index contributed by atoms with van der Waals surface area (Å²) in [6, 6.07) is 7.02. The summed E-state index contributed by atoms with van der Waals surface area (Å²) in [4.78, 5) is 17.0. The minimum Gasteiger partial charge on any atom is -0.462 e. The van der Waals surface area contributed by atoms with E-state index in [9.17, 15) is 8.78 Å². The van der Waals surface area contributed by atoms with Crippen molar-refractivity contribution in [2.24, 2.45) is 0 Å². The highest BCUT2D eigenvalue weighted by molar-refractivity contribution is 7.99. The number of alkyl halides is 2. The van der Waals surface area contributed by atoms with Gasteiger partial charge in [-0.1, -0.05) is 35.1 Å². The van der Waals surface area contributed by atoms with Crippen LogP contribution in [0.25, 0.3) is 32.2 Å². The molecule has 0 saturated carbocycles. The van der Waals surface area contributed by atoms with Crippen molar-refractivity contribution in [3.05, 3.63) is 35.1 Å². The molecule has 0 unspecified atom stereocenters. The minimum atomic E-state index is -2.94. The van der Waals surface area contributed by atoms with Crippen LogP contribution >= 0.6 is 34.7 Å². The van der Waals surface area contributed by atoms with Gasteiger partial charge in [0.1, 0.15) is 17.9 Å². The van der Waals surface area contributed by atoms with Crippen LogP contribution in [0, 0.1) is 5.82 Å². The zero-order valence-corrected chi connectivity index (χ0v) is 23.5. The molecule has 2 aromatic carbocycles. The first-order valence-electron chi connectivity index (χ1n) is 12.6. The van der Waals surface area contributed by atoms with Crippen molar-refractivity contribution in [1.82, 2.24) is 19.9 Å². The second-order valence-corrected chi connectivity index (χ2v) is 12.5. The van der Waals surface area contributed by atoms with Crippen molar-refractivity contribution in [3.63, 3.8) is 0 Å². The molecule has 39 heavy (non-hydrogen) atoms. The molecule has 2 aliphatic heterocycles. The Morgan fingerprint density at radius 3 is 2.85 bits per heavy atom. The van der Waals surface area contributed by atoms with Crippen molar-refractivity contribution in [3.8, 4) is 17.1 Å². The fourth-order valence-corrected chi connectivity index (χ4v) is 7.16. The minimum absolute atomic E-state index is 0.0467. The lowest BCUT2D eigenvalue weighted by Crippen LogP contribution is -2.38. The van der Waals surface area contributed by atoms with Crippen LogP contribution < -0.4 is 15.4 Å². The quantitative estimate of drug-likeness (QED) is 0.304. The third kappa shape index (κ3) is 5.19. The van der Waals surface area contributed by atoms with Gasteiger partial charge in [-0.15, -0.1) is 0 Å². The van der Waals surface area contributed by atoms with Crippen LogP contribution in [0.4, 0.5) is 24.1 Å². The summed E-state index contributed by atoms with van der Waals surface area (Å²) < 4.78 is 52.5. The molecule has 2 saturated heterocycles. The van der Waals surface area contributed by atoms with Crippen molar-refractivity contribution in [2.75, 3.05) is 55.4 Å². The molecule has 13 heteroatoms. The fourth-order valence-electron chi connectivity index (χ4n) is 5.22. The van der Waals surface area contributed by atoms with E-state index in [2.05, 4.69) is 19.9 Å². The van der Waals surface area contributed by atoms with E-state index in [4.69, 9.17) is 22.1 Å². The van der Waals surface area contributed by atoms with E-state index < -0.39 is 18.3 Å². The number of hydrogen-bond acceptors (Lipinski definition) is 9. The Morgan fingerprint density at radius 2 is 2.05 bits per heavy atom. The first kappa shape index (κ1) is 26.7. The number of nitrogen functional groups attached to an aromatic ring is 1. The first-order chi connectivity index (χ1) is 18.7. The summed E-state index contributed by atoms with van der Waals surface area (Å²) in [7, 11) is 2.02. The smallest absolute Gasteiger partial charge is 0.319 e. The predicted octanol–water partition coefficient (Wildman–Crippen LogP) is 5.94. The Balaban J connectivity index is 1.51. The van der Waals surface area contributed by atoms with Gasteiger partial charge in [-0.3, -0.25) is 0 Å².